The van der Waals surface area contributed by atoms with Crippen molar-refractivity contribution in [1.82, 2.24) is 4.90 Å². The molecule has 1 aromatic rings. The maximum Gasteiger partial charge on any atom is 0.416 e. The molecule has 0 unspecified atom stereocenters. The van der Waals surface area contributed by atoms with Crippen molar-refractivity contribution in [3.05, 3.63) is 48.6 Å². The molecule has 0 saturated carbocycles. The van der Waals surface area contributed by atoms with Gasteiger partial charge >= 0.3 is 6.09 Å². The van der Waals surface area contributed by atoms with Gasteiger partial charge in [-0.05, 0) is 17.4 Å². The highest BCUT2D eigenvalue weighted by Gasteiger charge is 2.41. The molecule has 1 saturated heterocycles. The number of rotatable bonds is 5. The number of benzene rings is 1. The number of nitrogens with zero attached hydrogens (tertiary/aromatic N) is 1. The molecular weight excluding hydrogens is 290 g/mol. The van der Waals surface area contributed by atoms with Crippen LogP contribution in [0.4, 0.5) is 4.79 Å². The van der Waals surface area contributed by atoms with Gasteiger partial charge in [0.25, 0.3) is 0 Å². The smallest absolute Gasteiger partial charge is 0.416 e. The Morgan fingerprint density at radius 3 is 2.48 bits per heavy atom. The maximum absolute atomic E-state index is 13.0. The first-order valence-corrected chi connectivity index (χ1v) is 8.00. The largest absolute Gasteiger partial charge is 0.447 e. The summed E-state index contributed by atoms with van der Waals surface area (Å²) in [4.78, 5) is 26.0. The summed E-state index contributed by atoms with van der Waals surface area (Å²) in [6.07, 6.45) is 1.75. The topological polar surface area (TPSA) is 46.6 Å². The quantitative estimate of drug-likeness (QED) is 0.772. The second-order valence-electron chi connectivity index (χ2n) is 6.99. The van der Waals surface area contributed by atoms with Gasteiger partial charge in [0, 0.05) is 11.8 Å². The normalized spacial score (nSPS) is 17.5. The number of hydrogen-bond acceptors (Lipinski definition) is 3. The molecule has 0 bridgehead atoms. The molecule has 1 heterocycles. The van der Waals surface area contributed by atoms with Crippen molar-refractivity contribution in [2.75, 3.05) is 13.2 Å². The number of amides is 2. The average Bonchev–Trinajstić information content (AvgIpc) is 2.92. The Hall–Kier alpha value is -2.10. The molecule has 4 nitrogen and oxygen atoms in total. The van der Waals surface area contributed by atoms with Gasteiger partial charge in [-0.15, -0.1) is 6.58 Å². The van der Waals surface area contributed by atoms with E-state index in [2.05, 4.69) is 27.4 Å². The fourth-order valence-electron chi connectivity index (χ4n) is 3.35. The lowest BCUT2D eigenvalue weighted by atomic mass is 9.68. The summed E-state index contributed by atoms with van der Waals surface area (Å²) < 4.78 is 4.93. The van der Waals surface area contributed by atoms with Crippen LogP contribution in [0.15, 0.2) is 43.0 Å². The first-order chi connectivity index (χ1) is 10.9. The third kappa shape index (κ3) is 3.81. The summed E-state index contributed by atoms with van der Waals surface area (Å²) in [5, 5.41) is 0. The minimum atomic E-state index is -0.537. The Kier molecular flexibility index (Phi) is 5.24. The highest BCUT2D eigenvalue weighted by molar-refractivity contribution is 5.94. The summed E-state index contributed by atoms with van der Waals surface area (Å²) in [7, 11) is 0. The fourth-order valence-corrected chi connectivity index (χ4v) is 3.35. The van der Waals surface area contributed by atoms with Crippen LogP contribution in [0.2, 0.25) is 0 Å². The predicted molar refractivity (Wildman–Crippen MR) is 90.0 cm³/mol. The van der Waals surface area contributed by atoms with Crippen molar-refractivity contribution in [2.45, 2.75) is 33.1 Å². The van der Waals surface area contributed by atoms with E-state index >= 15 is 0 Å². The third-order valence-corrected chi connectivity index (χ3v) is 4.26. The van der Waals surface area contributed by atoms with Crippen molar-refractivity contribution in [1.29, 1.82) is 0 Å². The molecule has 2 rings (SSSR count). The van der Waals surface area contributed by atoms with Gasteiger partial charge in [-0.3, -0.25) is 4.79 Å². The molecule has 0 aliphatic carbocycles. The van der Waals surface area contributed by atoms with E-state index in [1.54, 1.807) is 6.08 Å². The van der Waals surface area contributed by atoms with E-state index < -0.39 is 6.09 Å². The number of cyclic esters (lactones) is 1. The highest BCUT2D eigenvalue weighted by atomic mass is 16.6. The number of hydrogen-bond donors (Lipinski definition) is 0. The SMILES string of the molecule is C=CC[C@@H](C(=O)N1CCOC1=O)[C@H](c1ccccc1)C(C)(C)C. The summed E-state index contributed by atoms with van der Waals surface area (Å²) in [5.41, 5.74) is 0.974. The van der Waals surface area contributed by atoms with E-state index in [1.165, 1.54) is 4.90 Å². The van der Waals surface area contributed by atoms with Gasteiger partial charge in [0.05, 0.1) is 6.54 Å². The molecule has 23 heavy (non-hydrogen) atoms. The van der Waals surface area contributed by atoms with E-state index in [1.807, 2.05) is 30.3 Å². The minimum Gasteiger partial charge on any atom is -0.447 e. The Labute approximate surface area is 138 Å². The van der Waals surface area contributed by atoms with Crippen molar-refractivity contribution < 1.29 is 14.3 Å². The van der Waals surface area contributed by atoms with E-state index in [0.717, 1.165) is 5.56 Å². The molecular formula is C19H25NO3. The Bertz CT molecular complexity index is 574. The van der Waals surface area contributed by atoms with Gasteiger partial charge < -0.3 is 4.74 Å². The molecule has 2 amide bonds. The van der Waals surface area contributed by atoms with Crippen LogP contribution in [-0.4, -0.2) is 30.1 Å². The highest BCUT2D eigenvalue weighted by Crippen LogP contribution is 2.43. The van der Waals surface area contributed by atoms with Crippen LogP contribution in [0, 0.1) is 11.3 Å². The average molecular weight is 315 g/mol. The molecule has 4 heteroatoms. The molecule has 0 aromatic heterocycles. The lowest BCUT2D eigenvalue weighted by molar-refractivity contribution is -0.133. The van der Waals surface area contributed by atoms with E-state index in [9.17, 15) is 9.59 Å². The number of allylic oxidation sites excluding steroid dienone is 1. The zero-order valence-electron chi connectivity index (χ0n) is 14.1. The lowest BCUT2D eigenvalue weighted by Crippen LogP contribution is -2.41. The van der Waals surface area contributed by atoms with Crippen LogP contribution >= 0.6 is 0 Å². The van der Waals surface area contributed by atoms with E-state index in [4.69, 9.17) is 4.74 Å². The summed E-state index contributed by atoms with van der Waals surface area (Å²) in [5.74, 6) is -0.515. The summed E-state index contributed by atoms with van der Waals surface area (Å²) in [6, 6.07) is 10.0. The van der Waals surface area contributed by atoms with Crippen LogP contribution in [-0.2, 0) is 9.53 Å². The van der Waals surface area contributed by atoms with Gasteiger partial charge in [0.15, 0.2) is 0 Å². The van der Waals surface area contributed by atoms with Crippen molar-refractivity contribution in [3.63, 3.8) is 0 Å². The van der Waals surface area contributed by atoms with Gasteiger partial charge in [0.1, 0.15) is 6.61 Å². The van der Waals surface area contributed by atoms with Crippen LogP contribution in [0.3, 0.4) is 0 Å². The standard InChI is InChI=1S/C19H25NO3/c1-5-9-15(17(21)20-12-13-23-18(20)22)16(19(2,3)4)14-10-7-6-8-11-14/h5-8,10-11,15-16H,1,9,12-13H2,2-4H3/t15-,16+/m1/s1. The first kappa shape index (κ1) is 17.3. The van der Waals surface area contributed by atoms with Crippen molar-refractivity contribution >= 4 is 12.0 Å². The van der Waals surface area contributed by atoms with Crippen LogP contribution in [0.25, 0.3) is 0 Å². The number of ether oxygens (including phenoxy) is 1. The Balaban J connectivity index is 2.40. The lowest BCUT2D eigenvalue weighted by Gasteiger charge is -2.37. The van der Waals surface area contributed by atoms with Gasteiger partial charge in [-0.2, -0.15) is 0 Å². The van der Waals surface area contributed by atoms with Crippen LogP contribution in [0.1, 0.15) is 38.7 Å². The maximum atomic E-state index is 13.0. The monoisotopic (exact) mass is 315 g/mol. The molecule has 1 aromatic carbocycles. The molecule has 0 N–H and O–H groups in total. The molecule has 1 aliphatic heterocycles. The van der Waals surface area contributed by atoms with Crippen LogP contribution in [0.5, 0.6) is 0 Å². The zero-order chi connectivity index (χ0) is 17.0. The van der Waals surface area contributed by atoms with Gasteiger partial charge in [-0.1, -0.05) is 57.2 Å². The minimum absolute atomic E-state index is 0.0115. The second-order valence-corrected chi connectivity index (χ2v) is 6.99. The van der Waals surface area contributed by atoms with E-state index in [-0.39, 0.29) is 29.8 Å². The molecule has 1 aliphatic rings. The molecule has 0 radical (unpaired) electrons. The first-order valence-electron chi connectivity index (χ1n) is 8.00. The summed E-state index contributed by atoms with van der Waals surface area (Å²) in [6.45, 7) is 10.8. The zero-order valence-corrected chi connectivity index (χ0v) is 14.1. The molecule has 2 atom stereocenters. The number of carbonyl (C=O) groups excluding carboxylic acids is 2. The number of imide groups is 1. The summed E-state index contributed by atoms with van der Waals surface area (Å²) >= 11 is 0. The van der Waals surface area contributed by atoms with Crippen molar-refractivity contribution in [2.24, 2.45) is 11.3 Å². The second kappa shape index (κ2) is 6.99. The third-order valence-electron chi connectivity index (χ3n) is 4.26. The molecule has 1 fully saturated rings. The predicted octanol–water partition coefficient (Wildman–Crippen LogP) is 3.99. The van der Waals surface area contributed by atoms with Crippen molar-refractivity contribution in [3.8, 4) is 0 Å². The number of carbonyl (C=O) groups is 2. The van der Waals surface area contributed by atoms with Crippen LogP contribution < -0.4 is 0 Å². The molecule has 124 valence electrons. The molecule has 0 spiro atoms. The fraction of sp³-hybridized carbons (Fsp3) is 0.474. The Morgan fingerprint density at radius 2 is 2.00 bits per heavy atom. The van der Waals surface area contributed by atoms with Gasteiger partial charge in [-0.25, -0.2) is 9.69 Å². The van der Waals surface area contributed by atoms with Gasteiger partial charge in [0.2, 0.25) is 5.91 Å². The van der Waals surface area contributed by atoms with E-state index in [0.29, 0.717) is 13.0 Å². The Morgan fingerprint density at radius 1 is 1.35 bits per heavy atom.